The number of hydrogen-bond acceptors (Lipinski definition) is 1. The molecule has 0 spiro atoms. The number of hydrogen-bond donors (Lipinski definition) is 0. The van der Waals surface area contributed by atoms with Crippen molar-refractivity contribution < 1.29 is 0 Å². The number of aromatic nitrogens is 2. The highest BCUT2D eigenvalue weighted by Gasteiger charge is 2.19. The van der Waals surface area contributed by atoms with E-state index in [-0.39, 0.29) is 0 Å². The normalized spacial score (nSPS) is 12.3. The van der Waals surface area contributed by atoms with Gasteiger partial charge in [0.05, 0.1) is 26.8 Å². The lowest BCUT2D eigenvalue weighted by atomic mass is 10.0. The van der Waals surface area contributed by atoms with Gasteiger partial charge >= 0.3 is 0 Å². The molecule has 0 N–H and O–H groups in total. The zero-order valence-electron chi connectivity index (χ0n) is 28.5. The van der Waals surface area contributed by atoms with Gasteiger partial charge in [-0.1, -0.05) is 115 Å². The van der Waals surface area contributed by atoms with Gasteiger partial charge in [0.15, 0.2) is 0 Å². The van der Waals surface area contributed by atoms with Crippen LogP contribution in [0.2, 0.25) is 0 Å². The van der Waals surface area contributed by atoms with Crippen molar-refractivity contribution in [3.8, 4) is 34.8 Å². The number of thiophene rings is 1. The summed E-state index contributed by atoms with van der Waals surface area (Å²) in [6.45, 7) is 2.06. The maximum Gasteiger partial charge on any atom is 0.0719 e. The van der Waals surface area contributed by atoms with E-state index in [9.17, 15) is 0 Å². The van der Waals surface area contributed by atoms with Crippen LogP contribution < -0.4 is 0 Å². The van der Waals surface area contributed by atoms with Gasteiger partial charge in [0.1, 0.15) is 0 Å². The molecule has 2 nitrogen and oxygen atoms in total. The van der Waals surface area contributed by atoms with Crippen molar-refractivity contribution in [2.24, 2.45) is 0 Å². The van der Waals surface area contributed by atoms with Crippen LogP contribution in [0.5, 0.6) is 0 Å². The highest BCUT2D eigenvalue weighted by Crippen LogP contribution is 2.43. The Morgan fingerprint density at radius 3 is 1.77 bits per heavy atom. The van der Waals surface area contributed by atoms with E-state index < -0.39 is 0 Å². The summed E-state index contributed by atoms with van der Waals surface area (Å²) < 4.78 is 7.43. The average Bonchev–Trinajstić information content (AvgIpc) is 3.86. The Morgan fingerprint density at radius 1 is 0.558 bits per heavy atom. The summed E-state index contributed by atoms with van der Waals surface area (Å²) in [4.78, 5) is 0. The smallest absolute Gasteiger partial charge is 0.0719 e. The first kappa shape index (κ1) is 30.2. The maximum atomic E-state index is 5.59. The van der Waals surface area contributed by atoms with E-state index in [1.165, 1.54) is 74.9 Å². The lowest BCUT2D eigenvalue weighted by Gasteiger charge is -2.12. The van der Waals surface area contributed by atoms with Crippen LogP contribution >= 0.6 is 11.3 Å². The maximum absolute atomic E-state index is 5.59. The Balaban J connectivity index is 1.12. The van der Waals surface area contributed by atoms with Crippen LogP contribution in [-0.2, 0) is 0 Å². The van der Waals surface area contributed by atoms with Crippen LogP contribution in [0.1, 0.15) is 12.5 Å². The molecule has 3 heteroatoms. The van der Waals surface area contributed by atoms with Crippen LogP contribution in [0.3, 0.4) is 0 Å². The number of nitrogens with zero attached hydrogens (tertiary/aromatic N) is 2. The molecule has 244 valence electrons. The van der Waals surface area contributed by atoms with Gasteiger partial charge in [0.2, 0.25) is 0 Å². The minimum atomic E-state index is 1.10. The number of terminal acetylenes is 1. The first-order valence-electron chi connectivity index (χ1n) is 17.6. The molecular formula is C49H32N2S. The quantitative estimate of drug-likeness (QED) is 0.126. The van der Waals surface area contributed by atoms with Crippen molar-refractivity contribution in [1.82, 2.24) is 9.13 Å². The van der Waals surface area contributed by atoms with E-state index in [2.05, 4.69) is 180 Å². The first-order valence-corrected chi connectivity index (χ1v) is 18.4. The van der Waals surface area contributed by atoms with Crippen LogP contribution in [0.25, 0.3) is 91.9 Å². The van der Waals surface area contributed by atoms with Crippen LogP contribution in [0.15, 0.2) is 170 Å². The van der Waals surface area contributed by atoms with Gasteiger partial charge in [-0.3, -0.25) is 0 Å². The van der Waals surface area contributed by atoms with Crippen LogP contribution in [-0.4, -0.2) is 9.13 Å². The van der Waals surface area contributed by atoms with Gasteiger partial charge in [-0.25, -0.2) is 0 Å². The molecule has 0 unspecified atom stereocenters. The monoisotopic (exact) mass is 680 g/mol. The molecule has 0 saturated heterocycles. The zero-order chi connectivity index (χ0) is 34.8. The van der Waals surface area contributed by atoms with Crippen molar-refractivity contribution in [3.05, 3.63) is 175 Å². The number of benzene rings is 7. The molecule has 0 aliphatic carbocycles. The Hall–Kier alpha value is -6.60. The molecule has 3 heterocycles. The van der Waals surface area contributed by atoms with Crippen molar-refractivity contribution in [1.29, 1.82) is 0 Å². The highest BCUT2D eigenvalue weighted by atomic mass is 32.1. The minimum absolute atomic E-state index is 1.10. The molecular weight excluding hydrogens is 649 g/mol. The number of fused-ring (bicyclic) bond motifs is 10. The molecule has 0 aliphatic heterocycles. The molecule has 0 bridgehead atoms. The van der Waals surface area contributed by atoms with Crippen molar-refractivity contribution in [2.45, 2.75) is 6.92 Å². The van der Waals surface area contributed by atoms with Gasteiger partial charge in [0, 0.05) is 48.4 Å². The molecule has 7 aromatic carbocycles. The summed E-state index contributed by atoms with van der Waals surface area (Å²) in [6.07, 6.45) is 11.5. The second-order valence-corrected chi connectivity index (χ2v) is 14.3. The van der Waals surface area contributed by atoms with Crippen molar-refractivity contribution in [3.63, 3.8) is 0 Å². The predicted octanol–water partition coefficient (Wildman–Crippen LogP) is 13.5. The Labute approximate surface area is 305 Å². The Morgan fingerprint density at radius 2 is 1.12 bits per heavy atom. The van der Waals surface area contributed by atoms with E-state index >= 15 is 0 Å². The summed E-state index contributed by atoms with van der Waals surface area (Å²) in [5.74, 6) is 2.65. The Kier molecular flexibility index (Phi) is 6.99. The third-order valence-electron chi connectivity index (χ3n) is 10.4. The van der Waals surface area contributed by atoms with Crippen LogP contribution in [0, 0.1) is 12.3 Å². The fourth-order valence-corrected chi connectivity index (χ4v) is 9.27. The fraction of sp³-hybridized carbons (Fsp3) is 0.0204. The zero-order valence-corrected chi connectivity index (χ0v) is 29.4. The van der Waals surface area contributed by atoms with Gasteiger partial charge in [0.25, 0.3) is 0 Å². The molecule has 0 amide bonds. The predicted molar refractivity (Wildman–Crippen MR) is 225 cm³/mol. The molecule has 0 saturated carbocycles. The summed E-state index contributed by atoms with van der Waals surface area (Å²) >= 11 is 1.88. The lowest BCUT2D eigenvalue weighted by molar-refractivity contribution is 1.18. The second-order valence-electron chi connectivity index (χ2n) is 13.2. The summed E-state index contributed by atoms with van der Waals surface area (Å²) in [6, 6.07) is 55.4. The lowest BCUT2D eigenvalue weighted by Crippen LogP contribution is -1.95. The molecule has 3 aromatic heterocycles. The number of rotatable bonds is 5. The van der Waals surface area contributed by atoms with Crippen LogP contribution in [0.4, 0.5) is 0 Å². The number of allylic oxidation sites excluding steroid dienone is 4. The van der Waals surface area contributed by atoms with E-state index in [0.29, 0.717) is 0 Å². The highest BCUT2D eigenvalue weighted by molar-refractivity contribution is 7.26. The van der Waals surface area contributed by atoms with Gasteiger partial charge < -0.3 is 9.13 Å². The third kappa shape index (κ3) is 4.59. The third-order valence-corrected chi connectivity index (χ3v) is 11.6. The SMILES string of the molecule is C#C/C=C\C(=C/C)c1ccc2c3ccc4c5ccccc5sc4c3n(-c3ccc(-c4ccc(-n5c6ccccc6c6ccccc65)cc4)cc3)c2c1. The van der Waals surface area contributed by atoms with Gasteiger partial charge in [-0.15, -0.1) is 17.8 Å². The summed E-state index contributed by atoms with van der Waals surface area (Å²) in [7, 11) is 0. The van der Waals surface area contributed by atoms with Crippen molar-refractivity contribution >= 4 is 80.7 Å². The minimum Gasteiger partial charge on any atom is -0.309 e. The molecule has 52 heavy (non-hydrogen) atoms. The van der Waals surface area contributed by atoms with Gasteiger partial charge in [-0.05, 0) is 89.9 Å². The molecule has 0 aliphatic rings. The standard InChI is InChI=1S/C49H32N2S/c1-3-5-12-32(4-2)35-23-28-40-42-29-30-43-41-15-8-11-18-47(41)52-49(43)48(42)51(46(40)31-35)37-26-21-34(22-27-37)33-19-24-36(25-20-33)50-44-16-9-6-13-38(44)39-14-7-10-17-45(39)50/h1,4-31H,2H3/b12-5-,32-4+. The second kappa shape index (κ2) is 12.0. The topological polar surface area (TPSA) is 9.86 Å². The number of para-hydroxylation sites is 2. The van der Waals surface area contributed by atoms with E-state index in [1.807, 2.05) is 17.4 Å². The fourth-order valence-electron chi connectivity index (χ4n) is 8.03. The molecule has 0 atom stereocenters. The van der Waals surface area contributed by atoms with E-state index in [0.717, 1.165) is 22.5 Å². The van der Waals surface area contributed by atoms with Crippen molar-refractivity contribution in [2.75, 3.05) is 0 Å². The Bertz CT molecular complexity index is 3070. The average molecular weight is 681 g/mol. The largest absolute Gasteiger partial charge is 0.309 e. The molecule has 10 rings (SSSR count). The first-order chi connectivity index (χ1) is 25.7. The van der Waals surface area contributed by atoms with E-state index in [4.69, 9.17) is 6.42 Å². The summed E-state index contributed by atoms with van der Waals surface area (Å²) in [5, 5.41) is 7.63. The van der Waals surface area contributed by atoms with Gasteiger partial charge in [-0.2, -0.15) is 0 Å². The molecule has 0 radical (unpaired) electrons. The van der Waals surface area contributed by atoms with E-state index in [1.54, 1.807) is 6.08 Å². The molecule has 0 fully saturated rings. The molecule has 10 aromatic rings. The summed E-state index contributed by atoms with van der Waals surface area (Å²) in [5.41, 5.74) is 11.8.